The third-order valence-corrected chi connectivity index (χ3v) is 5.66. The molecule has 0 saturated heterocycles. The quantitative estimate of drug-likeness (QED) is 0.324. The van der Waals surface area contributed by atoms with Gasteiger partial charge in [-0.2, -0.15) is 8.78 Å². The molecule has 1 saturated carbocycles. The normalized spacial score (nSPS) is 13.9. The second-order valence-corrected chi connectivity index (χ2v) is 8.68. The van der Waals surface area contributed by atoms with E-state index in [9.17, 15) is 18.4 Å². The van der Waals surface area contributed by atoms with Crippen molar-refractivity contribution in [3.8, 4) is 23.0 Å². The van der Waals surface area contributed by atoms with Crippen molar-refractivity contribution in [2.24, 2.45) is 11.7 Å². The molecule has 1 aromatic heterocycles. The van der Waals surface area contributed by atoms with Crippen molar-refractivity contribution in [2.45, 2.75) is 38.8 Å². The van der Waals surface area contributed by atoms with E-state index in [0.717, 1.165) is 12.8 Å². The molecule has 4 rings (SSSR count). The third-order valence-electron chi connectivity index (χ3n) is 5.66. The summed E-state index contributed by atoms with van der Waals surface area (Å²) in [7, 11) is 0. The summed E-state index contributed by atoms with van der Waals surface area (Å²) in [5, 5.41) is 8.97. The zero-order valence-corrected chi connectivity index (χ0v) is 20.0. The first-order chi connectivity index (χ1) is 17.7. The maximum absolute atomic E-state index is 12.8. The molecule has 9 nitrogen and oxygen atoms in total. The summed E-state index contributed by atoms with van der Waals surface area (Å²) in [6.45, 7) is -0.907. The van der Waals surface area contributed by atoms with Gasteiger partial charge in [0.2, 0.25) is 5.89 Å². The first kappa shape index (κ1) is 26.1. The molecule has 3 aromatic rings. The van der Waals surface area contributed by atoms with Crippen LogP contribution in [0.3, 0.4) is 0 Å². The Hall–Kier alpha value is -3.99. The van der Waals surface area contributed by atoms with Crippen LogP contribution in [0.15, 0.2) is 46.9 Å². The fourth-order valence-corrected chi connectivity index (χ4v) is 3.53. The Morgan fingerprint density at radius 3 is 2.46 bits per heavy atom. The van der Waals surface area contributed by atoms with Gasteiger partial charge in [-0.25, -0.2) is 14.6 Å². The van der Waals surface area contributed by atoms with Gasteiger partial charge in [-0.15, -0.1) is 0 Å². The molecule has 1 fully saturated rings. The second-order valence-electron chi connectivity index (χ2n) is 8.68. The van der Waals surface area contributed by atoms with Crippen LogP contribution in [0.4, 0.5) is 8.78 Å². The predicted octanol–water partition coefficient (Wildman–Crippen LogP) is 4.85. The molecule has 0 spiro atoms. The van der Waals surface area contributed by atoms with Crippen molar-refractivity contribution in [3.05, 3.63) is 65.0 Å². The lowest BCUT2D eigenvalue weighted by Crippen LogP contribution is -2.11. The average molecular weight is 516 g/mol. The van der Waals surface area contributed by atoms with Gasteiger partial charge in [0.25, 0.3) is 0 Å². The Morgan fingerprint density at radius 1 is 1.14 bits per heavy atom. The lowest BCUT2D eigenvalue weighted by atomic mass is 10.1. The van der Waals surface area contributed by atoms with Crippen LogP contribution >= 0.6 is 0 Å². The molecule has 0 aliphatic heterocycles. The zero-order chi connectivity index (χ0) is 26.5. The van der Waals surface area contributed by atoms with Gasteiger partial charge in [-0.3, -0.25) is 0 Å². The minimum atomic E-state index is -3.00. The number of hydrogen-bond donors (Lipinski definition) is 2. The Bertz CT molecular complexity index is 1250. The fourth-order valence-electron chi connectivity index (χ4n) is 3.53. The van der Waals surface area contributed by atoms with Crippen molar-refractivity contribution >= 4 is 11.9 Å². The number of carbonyl (C=O) groups excluding carboxylic acids is 1. The van der Waals surface area contributed by atoms with Gasteiger partial charge in [0.1, 0.15) is 5.76 Å². The molecule has 1 aliphatic rings. The molecular weight excluding hydrogens is 490 g/mol. The number of benzene rings is 2. The standard InChI is InChI=1S/C26H26F2N2O7/c1-14(29)22-19(10-11-34-25(33)17-6-4-16(5-7-17)24(31)32)30-23(37-22)18-8-9-20(36-26(27)28)21(12-18)35-13-15-2-3-15/h4-9,12,14-15,26H,2-3,10-11,13,29H2,1H3,(H,31,32). The fraction of sp³-hybridized carbons (Fsp3) is 0.346. The number of aromatic nitrogens is 1. The molecule has 11 heteroatoms. The third kappa shape index (κ3) is 6.82. The minimum absolute atomic E-state index is 0.0257. The van der Waals surface area contributed by atoms with Gasteiger partial charge in [0.15, 0.2) is 11.5 Å². The summed E-state index contributed by atoms with van der Waals surface area (Å²) in [5.41, 5.74) is 7.28. The molecule has 3 N–H and O–H groups in total. The predicted molar refractivity (Wildman–Crippen MR) is 127 cm³/mol. The van der Waals surface area contributed by atoms with Crippen LogP contribution in [0.1, 0.15) is 58.0 Å². The molecule has 1 atom stereocenters. The Kier molecular flexibility index (Phi) is 8.02. The lowest BCUT2D eigenvalue weighted by molar-refractivity contribution is -0.0515. The van der Waals surface area contributed by atoms with Crippen LogP contribution < -0.4 is 15.2 Å². The van der Waals surface area contributed by atoms with E-state index in [1.54, 1.807) is 6.92 Å². The van der Waals surface area contributed by atoms with Gasteiger partial charge in [-0.05, 0) is 68.1 Å². The van der Waals surface area contributed by atoms with Crippen LogP contribution in [0, 0.1) is 5.92 Å². The second kappa shape index (κ2) is 11.4. The molecular formula is C26H26F2N2O7. The number of carboxylic acids is 1. The monoisotopic (exact) mass is 516 g/mol. The first-order valence-electron chi connectivity index (χ1n) is 11.7. The van der Waals surface area contributed by atoms with Gasteiger partial charge in [0, 0.05) is 12.0 Å². The smallest absolute Gasteiger partial charge is 0.387 e. The summed E-state index contributed by atoms with van der Waals surface area (Å²) in [5.74, 6) is -0.628. The van der Waals surface area contributed by atoms with Crippen LogP contribution in [0.2, 0.25) is 0 Å². The van der Waals surface area contributed by atoms with E-state index >= 15 is 0 Å². The number of halogens is 2. The number of hydrogen-bond acceptors (Lipinski definition) is 8. The molecule has 196 valence electrons. The number of nitrogens with zero attached hydrogens (tertiary/aromatic N) is 1. The number of esters is 1. The lowest BCUT2D eigenvalue weighted by Gasteiger charge is -2.12. The van der Waals surface area contributed by atoms with E-state index < -0.39 is 24.6 Å². The number of ether oxygens (including phenoxy) is 3. The number of oxazole rings is 1. The van der Waals surface area contributed by atoms with Gasteiger partial charge in [-0.1, -0.05) is 0 Å². The van der Waals surface area contributed by atoms with Crippen LogP contribution in [-0.2, 0) is 11.2 Å². The number of alkyl halides is 2. The highest BCUT2D eigenvalue weighted by Crippen LogP contribution is 2.37. The van der Waals surface area contributed by atoms with Gasteiger partial charge >= 0.3 is 18.6 Å². The number of aromatic carboxylic acids is 1. The van der Waals surface area contributed by atoms with Crippen LogP contribution in [0.25, 0.3) is 11.5 Å². The summed E-state index contributed by atoms with van der Waals surface area (Å²) >= 11 is 0. The Labute approximate surface area is 211 Å². The van der Waals surface area contributed by atoms with E-state index in [4.69, 9.17) is 24.7 Å². The van der Waals surface area contributed by atoms with E-state index in [-0.39, 0.29) is 41.5 Å². The highest BCUT2D eigenvalue weighted by molar-refractivity contribution is 5.92. The molecule has 37 heavy (non-hydrogen) atoms. The number of nitrogens with two attached hydrogens (primary N) is 1. The summed E-state index contributed by atoms with van der Waals surface area (Å²) < 4.78 is 47.1. The zero-order valence-electron chi connectivity index (χ0n) is 20.0. The van der Waals surface area contributed by atoms with Crippen LogP contribution in [-0.4, -0.2) is 41.9 Å². The summed E-state index contributed by atoms with van der Waals surface area (Å²) in [4.78, 5) is 27.8. The van der Waals surface area contributed by atoms with Crippen molar-refractivity contribution in [3.63, 3.8) is 0 Å². The Balaban J connectivity index is 1.47. The highest BCUT2D eigenvalue weighted by Gasteiger charge is 2.24. The van der Waals surface area contributed by atoms with E-state index in [2.05, 4.69) is 9.72 Å². The largest absolute Gasteiger partial charge is 0.489 e. The molecule has 1 unspecified atom stereocenters. The van der Waals surface area contributed by atoms with Crippen molar-refractivity contribution in [1.29, 1.82) is 0 Å². The van der Waals surface area contributed by atoms with Crippen molar-refractivity contribution in [2.75, 3.05) is 13.2 Å². The number of rotatable bonds is 12. The van der Waals surface area contributed by atoms with Gasteiger partial charge in [0.05, 0.1) is 36.1 Å². The van der Waals surface area contributed by atoms with Crippen LogP contribution in [0.5, 0.6) is 11.5 Å². The molecule has 0 amide bonds. The summed E-state index contributed by atoms with van der Waals surface area (Å²) in [6.07, 6.45) is 2.27. The summed E-state index contributed by atoms with van der Waals surface area (Å²) in [6, 6.07) is 9.30. The average Bonchev–Trinajstić information content (AvgIpc) is 3.60. The van der Waals surface area contributed by atoms with E-state index in [0.29, 0.717) is 29.5 Å². The van der Waals surface area contributed by atoms with E-state index in [1.165, 1.54) is 42.5 Å². The van der Waals surface area contributed by atoms with E-state index in [1.807, 2.05) is 0 Å². The number of carboxylic acid groups (broad SMARTS) is 1. The Morgan fingerprint density at radius 2 is 1.84 bits per heavy atom. The highest BCUT2D eigenvalue weighted by atomic mass is 19.3. The SMILES string of the molecule is CC(N)c1oc(-c2ccc(OC(F)F)c(OCC3CC3)c2)nc1CCOC(=O)c1ccc(C(=O)O)cc1. The number of carbonyl (C=O) groups is 2. The van der Waals surface area contributed by atoms with Gasteiger partial charge < -0.3 is 29.5 Å². The minimum Gasteiger partial charge on any atom is -0.489 e. The first-order valence-corrected chi connectivity index (χ1v) is 11.7. The topological polar surface area (TPSA) is 134 Å². The molecule has 1 heterocycles. The molecule has 0 radical (unpaired) electrons. The van der Waals surface area contributed by atoms with Crippen molar-refractivity contribution < 1.29 is 42.1 Å². The maximum atomic E-state index is 12.8. The molecule has 1 aliphatic carbocycles. The molecule has 0 bridgehead atoms. The maximum Gasteiger partial charge on any atom is 0.387 e. The molecule has 2 aromatic carbocycles. The van der Waals surface area contributed by atoms with Crippen molar-refractivity contribution in [1.82, 2.24) is 4.98 Å².